The lowest BCUT2D eigenvalue weighted by Gasteiger charge is -1.94. The lowest BCUT2D eigenvalue weighted by molar-refractivity contribution is -0.118. The van der Waals surface area contributed by atoms with Crippen molar-refractivity contribution in [2.45, 2.75) is 33.1 Å². The van der Waals surface area contributed by atoms with Crippen molar-refractivity contribution in [3.63, 3.8) is 0 Å². The lowest BCUT2D eigenvalue weighted by atomic mass is 10.2. The molecule has 0 aromatic carbocycles. The Balaban J connectivity index is 2.13. The Morgan fingerprint density at radius 2 is 2.22 bits per heavy atom. The first-order chi connectivity index (χ1) is 8.69. The molecule has 0 saturated heterocycles. The van der Waals surface area contributed by atoms with E-state index in [0.29, 0.717) is 29.7 Å². The third kappa shape index (κ3) is 2.97. The molecule has 6 nitrogen and oxygen atoms in total. The van der Waals surface area contributed by atoms with E-state index in [1.807, 2.05) is 6.92 Å². The summed E-state index contributed by atoms with van der Waals surface area (Å²) in [6.45, 7) is 3.75. The van der Waals surface area contributed by atoms with Gasteiger partial charge in [0.15, 0.2) is 0 Å². The van der Waals surface area contributed by atoms with Crippen molar-refractivity contribution in [2.75, 3.05) is 0 Å². The Bertz CT molecular complexity index is 551. The quantitative estimate of drug-likeness (QED) is 0.799. The number of rotatable bonds is 5. The van der Waals surface area contributed by atoms with Gasteiger partial charge in [0.05, 0.1) is 6.42 Å². The third-order valence-electron chi connectivity index (χ3n) is 2.35. The molecule has 6 heteroatoms. The van der Waals surface area contributed by atoms with Gasteiger partial charge in [-0.3, -0.25) is 4.79 Å². The van der Waals surface area contributed by atoms with E-state index >= 15 is 0 Å². The van der Waals surface area contributed by atoms with Crippen LogP contribution in [0.1, 0.15) is 31.5 Å². The first kappa shape index (κ1) is 12.3. The summed E-state index contributed by atoms with van der Waals surface area (Å²) < 4.78 is 5.03. The van der Waals surface area contributed by atoms with Gasteiger partial charge in [0, 0.05) is 12.6 Å². The standard InChI is InChI=1S/C12H14N4O2/c1-3-4-9(17)7-11-15-12(16-18-11)10-5-6-13-8(2)14-10/h5-6H,3-4,7H2,1-2H3. The topological polar surface area (TPSA) is 81.8 Å². The van der Waals surface area contributed by atoms with Gasteiger partial charge >= 0.3 is 0 Å². The molecule has 0 amide bonds. The molecule has 0 aliphatic heterocycles. The number of aryl methyl sites for hydroxylation is 1. The average Bonchev–Trinajstić information content (AvgIpc) is 2.78. The zero-order valence-electron chi connectivity index (χ0n) is 10.4. The second-order valence-corrected chi connectivity index (χ2v) is 3.97. The van der Waals surface area contributed by atoms with Gasteiger partial charge in [-0.25, -0.2) is 9.97 Å². The summed E-state index contributed by atoms with van der Waals surface area (Å²) in [7, 11) is 0. The zero-order chi connectivity index (χ0) is 13.0. The number of nitrogens with zero attached hydrogens (tertiary/aromatic N) is 4. The Morgan fingerprint density at radius 3 is 2.94 bits per heavy atom. The largest absolute Gasteiger partial charge is 0.338 e. The smallest absolute Gasteiger partial charge is 0.234 e. The van der Waals surface area contributed by atoms with Gasteiger partial charge in [0.1, 0.15) is 17.3 Å². The number of ketones is 1. The highest BCUT2D eigenvalue weighted by atomic mass is 16.5. The van der Waals surface area contributed by atoms with Gasteiger partial charge in [0.2, 0.25) is 11.7 Å². The molecule has 0 N–H and O–H groups in total. The number of carbonyl (C=O) groups excluding carboxylic acids is 1. The number of Topliss-reactive ketones (excluding diaryl/α,β-unsaturated/α-hetero) is 1. The van der Waals surface area contributed by atoms with Gasteiger partial charge in [-0.05, 0) is 19.4 Å². The fourth-order valence-corrected chi connectivity index (χ4v) is 1.55. The van der Waals surface area contributed by atoms with Gasteiger partial charge in [-0.2, -0.15) is 4.98 Å². The van der Waals surface area contributed by atoms with Gasteiger partial charge in [-0.15, -0.1) is 0 Å². The van der Waals surface area contributed by atoms with E-state index in [4.69, 9.17) is 4.52 Å². The minimum absolute atomic E-state index is 0.103. The molecule has 0 spiro atoms. The summed E-state index contributed by atoms with van der Waals surface area (Å²) >= 11 is 0. The second-order valence-electron chi connectivity index (χ2n) is 3.97. The Kier molecular flexibility index (Phi) is 3.76. The molecule has 2 rings (SSSR count). The fraction of sp³-hybridized carbons (Fsp3) is 0.417. The number of aromatic nitrogens is 4. The molecule has 0 saturated carbocycles. The van der Waals surface area contributed by atoms with Crippen molar-refractivity contribution < 1.29 is 9.32 Å². The molecule has 94 valence electrons. The molecular formula is C12H14N4O2. The summed E-state index contributed by atoms with van der Waals surface area (Å²) in [4.78, 5) is 23.8. The SMILES string of the molecule is CCCC(=O)Cc1nc(-c2ccnc(C)n2)no1. The Labute approximate surface area is 104 Å². The molecule has 2 heterocycles. The summed E-state index contributed by atoms with van der Waals surface area (Å²) in [5.74, 6) is 1.46. The van der Waals surface area contributed by atoms with Crippen molar-refractivity contribution in [1.29, 1.82) is 0 Å². The van der Waals surface area contributed by atoms with Crippen LogP contribution in [0.4, 0.5) is 0 Å². The van der Waals surface area contributed by atoms with Crippen LogP contribution in [0.2, 0.25) is 0 Å². The molecule has 0 unspecified atom stereocenters. The highest BCUT2D eigenvalue weighted by molar-refractivity contribution is 5.79. The summed E-state index contributed by atoms with van der Waals surface area (Å²) in [6.07, 6.45) is 3.18. The highest BCUT2D eigenvalue weighted by Gasteiger charge is 2.12. The van der Waals surface area contributed by atoms with Crippen molar-refractivity contribution in [3.05, 3.63) is 24.0 Å². The molecule has 0 aliphatic rings. The van der Waals surface area contributed by atoms with Crippen LogP contribution in [-0.4, -0.2) is 25.9 Å². The molecule has 0 bridgehead atoms. The minimum Gasteiger partial charge on any atom is -0.338 e. The summed E-state index contributed by atoms with van der Waals surface area (Å²) in [5, 5.41) is 3.81. The predicted molar refractivity (Wildman–Crippen MR) is 63.7 cm³/mol. The first-order valence-electron chi connectivity index (χ1n) is 5.83. The molecule has 0 aliphatic carbocycles. The number of carbonyl (C=O) groups is 1. The van der Waals surface area contributed by atoms with Crippen LogP contribution < -0.4 is 0 Å². The van der Waals surface area contributed by atoms with E-state index in [-0.39, 0.29) is 12.2 Å². The normalized spacial score (nSPS) is 10.6. The molecule has 0 radical (unpaired) electrons. The van der Waals surface area contributed by atoms with Crippen molar-refractivity contribution >= 4 is 5.78 Å². The van der Waals surface area contributed by atoms with E-state index in [1.54, 1.807) is 19.2 Å². The Hall–Kier alpha value is -2.11. The van der Waals surface area contributed by atoms with Gasteiger partial charge in [0.25, 0.3) is 0 Å². The minimum atomic E-state index is 0.103. The third-order valence-corrected chi connectivity index (χ3v) is 2.35. The zero-order valence-corrected chi connectivity index (χ0v) is 10.4. The van der Waals surface area contributed by atoms with Crippen LogP contribution in [0.15, 0.2) is 16.8 Å². The van der Waals surface area contributed by atoms with Crippen LogP contribution in [0.3, 0.4) is 0 Å². The van der Waals surface area contributed by atoms with Gasteiger partial charge in [-0.1, -0.05) is 12.1 Å². The maximum atomic E-state index is 11.5. The van der Waals surface area contributed by atoms with E-state index < -0.39 is 0 Å². The molecule has 2 aromatic rings. The molecular weight excluding hydrogens is 232 g/mol. The summed E-state index contributed by atoms with van der Waals surface area (Å²) in [6, 6.07) is 1.70. The lowest BCUT2D eigenvalue weighted by Crippen LogP contribution is -2.02. The van der Waals surface area contributed by atoms with Crippen LogP contribution in [0, 0.1) is 6.92 Å². The maximum Gasteiger partial charge on any atom is 0.234 e. The van der Waals surface area contributed by atoms with E-state index in [2.05, 4.69) is 20.1 Å². The average molecular weight is 246 g/mol. The fourth-order valence-electron chi connectivity index (χ4n) is 1.55. The first-order valence-corrected chi connectivity index (χ1v) is 5.83. The van der Waals surface area contributed by atoms with Crippen molar-refractivity contribution in [3.8, 4) is 11.5 Å². The van der Waals surface area contributed by atoms with Gasteiger partial charge < -0.3 is 4.52 Å². The highest BCUT2D eigenvalue weighted by Crippen LogP contribution is 2.13. The summed E-state index contributed by atoms with van der Waals surface area (Å²) in [5.41, 5.74) is 0.598. The van der Waals surface area contributed by atoms with Crippen LogP contribution >= 0.6 is 0 Å². The number of hydrogen-bond donors (Lipinski definition) is 0. The Morgan fingerprint density at radius 1 is 1.39 bits per heavy atom. The van der Waals surface area contributed by atoms with Crippen LogP contribution in [0.5, 0.6) is 0 Å². The molecule has 18 heavy (non-hydrogen) atoms. The molecule has 0 atom stereocenters. The van der Waals surface area contributed by atoms with E-state index in [9.17, 15) is 4.79 Å². The molecule has 2 aromatic heterocycles. The van der Waals surface area contributed by atoms with Crippen LogP contribution in [0.25, 0.3) is 11.5 Å². The second kappa shape index (κ2) is 5.48. The molecule has 0 fully saturated rings. The maximum absolute atomic E-state index is 11.5. The van der Waals surface area contributed by atoms with Crippen LogP contribution in [-0.2, 0) is 11.2 Å². The predicted octanol–water partition coefficient (Wildman–Crippen LogP) is 1.75. The van der Waals surface area contributed by atoms with Crippen molar-refractivity contribution in [1.82, 2.24) is 20.1 Å². The van der Waals surface area contributed by atoms with Crippen molar-refractivity contribution in [2.24, 2.45) is 0 Å². The van der Waals surface area contributed by atoms with E-state index in [1.165, 1.54) is 0 Å². The van der Waals surface area contributed by atoms with E-state index in [0.717, 1.165) is 6.42 Å². The monoisotopic (exact) mass is 246 g/mol. The number of hydrogen-bond acceptors (Lipinski definition) is 6.